The van der Waals surface area contributed by atoms with E-state index in [1.165, 1.54) is 0 Å². The molecule has 1 aromatic carbocycles. The van der Waals surface area contributed by atoms with Crippen LogP contribution in [0.3, 0.4) is 0 Å². The topological polar surface area (TPSA) is 61.8 Å². The van der Waals surface area contributed by atoms with Crippen LogP contribution in [0.1, 0.15) is 17.3 Å². The Kier molecular flexibility index (Phi) is 5.83. The molecule has 7 heteroatoms. The van der Waals surface area contributed by atoms with Crippen molar-refractivity contribution in [1.29, 1.82) is 0 Å². The van der Waals surface area contributed by atoms with Crippen molar-refractivity contribution in [2.45, 2.75) is 6.92 Å². The highest BCUT2D eigenvalue weighted by Gasteiger charge is 2.27. The fraction of sp³-hybridized carbons (Fsp3) is 0.476. The molecular weight excluding hydrogens is 354 g/mol. The molecule has 1 amide bonds. The minimum atomic E-state index is -0.00386. The van der Waals surface area contributed by atoms with Gasteiger partial charge in [0.05, 0.1) is 13.2 Å². The molecule has 2 aromatic rings. The molecule has 2 saturated heterocycles. The summed E-state index contributed by atoms with van der Waals surface area (Å²) in [6.07, 6.45) is 1.70. The average Bonchev–Trinajstić information content (AvgIpc) is 2.79. The first-order valence-corrected chi connectivity index (χ1v) is 10.0. The molecule has 0 saturated carbocycles. The Hall–Kier alpha value is -2.51. The molecule has 0 spiro atoms. The molecule has 0 bridgehead atoms. The van der Waals surface area contributed by atoms with Crippen molar-refractivity contribution in [2.75, 3.05) is 63.9 Å². The predicted molar refractivity (Wildman–Crippen MR) is 109 cm³/mol. The first-order valence-electron chi connectivity index (χ1n) is 10.0. The molecule has 2 fully saturated rings. The summed E-state index contributed by atoms with van der Waals surface area (Å²) in [7, 11) is 0. The van der Waals surface area contributed by atoms with Gasteiger partial charge in [-0.15, -0.1) is 0 Å². The van der Waals surface area contributed by atoms with Crippen molar-refractivity contribution in [3.8, 4) is 11.4 Å². The van der Waals surface area contributed by atoms with E-state index in [-0.39, 0.29) is 5.91 Å². The summed E-state index contributed by atoms with van der Waals surface area (Å²) in [5.41, 5.74) is 1.55. The fourth-order valence-corrected chi connectivity index (χ4v) is 3.70. The highest BCUT2D eigenvalue weighted by molar-refractivity contribution is 5.99. The van der Waals surface area contributed by atoms with Crippen LogP contribution in [0.5, 0.6) is 0 Å². The minimum Gasteiger partial charge on any atom is -0.378 e. The van der Waals surface area contributed by atoms with Crippen LogP contribution in [-0.4, -0.2) is 84.7 Å². The van der Waals surface area contributed by atoms with E-state index in [9.17, 15) is 4.79 Å². The number of carbonyl (C=O) groups excluding carboxylic acids is 1. The van der Waals surface area contributed by atoms with E-state index < -0.39 is 0 Å². The molecule has 0 unspecified atom stereocenters. The third kappa shape index (κ3) is 4.00. The molecule has 7 nitrogen and oxygen atoms in total. The molecule has 0 radical (unpaired) electrons. The number of ether oxygens (including phenoxy) is 1. The van der Waals surface area contributed by atoms with Crippen molar-refractivity contribution in [3.05, 3.63) is 42.1 Å². The maximum Gasteiger partial charge on any atom is 0.259 e. The van der Waals surface area contributed by atoms with Crippen molar-refractivity contribution in [1.82, 2.24) is 19.8 Å². The Labute approximate surface area is 165 Å². The Morgan fingerprint density at radius 2 is 1.75 bits per heavy atom. The number of rotatable bonds is 4. The molecule has 2 aliphatic heterocycles. The van der Waals surface area contributed by atoms with E-state index in [0.717, 1.165) is 44.1 Å². The first-order chi connectivity index (χ1) is 13.8. The molecule has 148 valence electrons. The van der Waals surface area contributed by atoms with Crippen LogP contribution in [0, 0.1) is 0 Å². The summed E-state index contributed by atoms with van der Waals surface area (Å²) in [6, 6.07) is 9.93. The number of nitrogens with zero attached hydrogens (tertiary/aromatic N) is 5. The van der Waals surface area contributed by atoms with Crippen molar-refractivity contribution >= 4 is 11.7 Å². The quantitative estimate of drug-likeness (QED) is 0.804. The fourth-order valence-electron chi connectivity index (χ4n) is 3.70. The summed E-state index contributed by atoms with van der Waals surface area (Å²) < 4.78 is 5.39. The second-order valence-corrected chi connectivity index (χ2v) is 7.12. The number of benzene rings is 1. The van der Waals surface area contributed by atoms with Gasteiger partial charge >= 0.3 is 0 Å². The number of anilines is 1. The van der Waals surface area contributed by atoms with E-state index in [1.54, 1.807) is 6.20 Å². The third-order valence-electron chi connectivity index (χ3n) is 5.45. The zero-order valence-electron chi connectivity index (χ0n) is 16.4. The van der Waals surface area contributed by atoms with E-state index >= 15 is 0 Å². The molecule has 28 heavy (non-hydrogen) atoms. The Balaban J connectivity index is 1.67. The van der Waals surface area contributed by atoms with Crippen molar-refractivity contribution in [3.63, 3.8) is 0 Å². The monoisotopic (exact) mass is 381 g/mol. The Morgan fingerprint density at radius 1 is 1.04 bits per heavy atom. The van der Waals surface area contributed by atoms with Crippen LogP contribution in [0.15, 0.2) is 36.5 Å². The maximum atomic E-state index is 13.2. The molecule has 1 aromatic heterocycles. The smallest absolute Gasteiger partial charge is 0.259 e. The Morgan fingerprint density at radius 3 is 2.43 bits per heavy atom. The largest absolute Gasteiger partial charge is 0.378 e. The van der Waals surface area contributed by atoms with Gasteiger partial charge in [0.1, 0.15) is 11.4 Å². The number of morpholine rings is 1. The van der Waals surface area contributed by atoms with Gasteiger partial charge in [-0.05, 0) is 6.54 Å². The van der Waals surface area contributed by atoms with Gasteiger partial charge < -0.3 is 19.4 Å². The van der Waals surface area contributed by atoms with E-state index in [1.807, 2.05) is 35.2 Å². The summed E-state index contributed by atoms with van der Waals surface area (Å²) in [4.78, 5) is 29.0. The first kappa shape index (κ1) is 18.8. The molecule has 0 atom stereocenters. The van der Waals surface area contributed by atoms with Crippen LogP contribution < -0.4 is 4.90 Å². The number of hydrogen-bond acceptors (Lipinski definition) is 6. The lowest BCUT2D eigenvalue weighted by Gasteiger charge is -2.36. The summed E-state index contributed by atoms with van der Waals surface area (Å²) >= 11 is 0. The van der Waals surface area contributed by atoms with Gasteiger partial charge in [-0.1, -0.05) is 37.3 Å². The van der Waals surface area contributed by atoms with E-state index in [4.69, 9.17) is 9.72 Å². The van der Waals surface area contributed by atoms with Gasteiger partial charge in [-0.25, -0.2) is 9.97 Å². The highest BCUT2D eigenvalue weighted by atomic mass is 16.5. The van der Waals surface area contributed by atoms with Gasteiger partial charge in [-0.3, -0.25) is 4.79 Å². The maximum absolute atomic E-state index is 13.2. The molecular formula is C21H27N5O2. The second-order valence-electron chi connectivity index (χ2n) is 7.12. The number of likely N-dealkylation sites (N-methyl/N-ethyl adjacent to an activating group) is 1. The standard InChI is InChI=1S/C21H27N5O2/c1-2-24-8-10-25(11-9-24)20-18(21(27)26-12-14-28-15-13-26)16-22-19(23-20)17-6-4-3-5-7-17/h3-7,16H,2,8-15H2,1H3. The third-order valence-corrected chi connectivity index (χ3v) is 5.45. The van der Waals surface area contributed by atoms with Gasteiger partial charge in [0.15, 0.2) is 5.82 Å². The van der Waals surface area contributed by atoms with Gasteiger partial charge in [0.2, 0.25) is 0 Å². The van der Waals surface area contributed by atoms with E-state index in [2.05, 4.69) is 21.7 Å². The zero-order valence-corrected chi connectivity index (χ0v) is 16.4. The highest BCUT2D eigenvalue weighted by Crippen LogP contribution is 2.25. The van der Waals surface area contributed by atoms with Crippen LogP contribution >= 0.6 is 0 Å². The molecule has 2 aliphatic rings. The van der Waals surface area contributed by atoms with Crippen molar-refractivity contribution in [2.24, 2.45) is 0 Å². The number of aromatic nitrogens is 2. The van der Waals surface area contributed by atoms with Crippen LogP contribution in [0.2, 0.25) is 0 Å². The number of amides is 1. The average molecular weight is 381 g/mol. The normalized spacial score (nSPS) is 18.3. The Bertz CT molecular complexity index is 800. The molecule has 4 rings (SSSR count). The summed E-state index contributed by atoms with van der Waals surface area (Å²) in [5, 5.41) is 0. The van der Waals surface area contributed by atoms with Gasteiger partial charge in [-0.2, -0.15) is 0 Å². The summed E-state index contributed by atoms with van der Waals surface area (Å²) in [6.45, 7) is 9.31. The van der Waals surface area contributed by atoms with Crippen molar-refractivity contribution < 1.29 is 9.53 Å². The van der Waals surface area contributed by atoms with Gasteiger partial charge in [0, 0.05) is 51.0 Å². The van der Waals surface area contributed by atoms with Crippen LogP contribution in [-0.2, 0) is 4.74 Å². The zero-order chi connectivity index (χ0) is 19.3. The van der Waals surface area contributed by atoms with Crippen LogP contribution in [0.25, 0.3) is 11.4 Å². The predicted octanol–water partition coefficient (Wildman–Crippen LogP) is 1.76. The molecule has 3 heterocycles. The lowest BCUT2D eigenvalue weighted by molar-refractivity contribution is 0.0302. The minimum absolute atomic E-state index is 0.00386. The SMILES string of the molecule is CCN1CCN(c2nc(-c3ccccc3)ncc2C(=O)N2CCOCC2)CC1. The lowest BCUT2D eigenvalue weighted by atomic mass is 10.1. The number of piperazine rings is 1. The summed E-state index contributed by atoms with van der Waals surface area (Å²) in [5.74, 6) is 1.41. The van der Waals surface area contributed by atoms with Crippen LogP contribution in [0.4, 0.5) is 5.82 Å². The number of carbonyl (C=O) groups is 1. The lowest BCUT2D eigenvalue weighted by Crippen LogP contribution is -2.47. The van der Waals surface area contributed by atoms with Gasteiger partial charge in [0.25, 0.3) is 5.91 Å². The number of hydrogen-bond donors (Lipinski definition) is 0. The van der Waals surface area contributed by atoms with E-state index in [0.29, 0.717) is 37.7 Å². The second kappa shape index (κ2) is 8.67. The molecule has 0 N–H and O–H groups in total. The molecule has 0 aliphatic carbocycles.